The molecule has 0 bridgehead atoms. The Balaban J connectivity index is 0.921. The number of furan rings is 1. The van der Waals surface area contributed by atoms with Crippen molar-refractivity contribution in [3.63, 3.8) is 0 Å². The molecule has 3 heteroatoms. The summed E-state index contributed by atoms with van der Waals surface area (Å²) in [5.41, 5.74) is 17.7. The lowest BCUT2D eigenvalue weighted by Crippen LogP contribution is -2.09. The molecule has 0 aliphatic rings. The molecule has 2 heterocycles. The quantitative estimate of drug-likeness (QED) is 0.153. The minimum absolute atomic E-state index is 0.898. The molecule has 10 aromatic carbocycles. The van der Waals surface area contributed by atoms with Crippen molar-refractivity contribution in [1.82, 2.24) is 4.57 Å². The number of hydrogen-bond acceptors (Lipinski definition) is 2. The van der Waals surface area contributed by atoms with Gasteiger partial charge in [-0.1, -0.05) is 182 Å². The topological polar surface area (TPSA) is 21.3 Å². The molecule has 12 rings (SSSR count). The molecule has 0 amide bonds. The molecule has 0 N–H and O–H groups in total. The number of benzene rings is 10. The highest BCUT2D eigenvalue weighted by atomic mass is 16.3. The van der Waals surface area contributed by atoms with Crippen molar-refractivity contribution in [2.45, 2.75) is 0 Å². The summed E-state index contributed by atoms with van der Waals surface area (Å²) in [5, 5.41) is 4.76. The van der Waals surface area contributed by atoms with Gasteiger partial charge in [-0.2, -0.15) is 0 Å². The highest BCUT2D eigenvalue weighted by Crippen LogP contribution is 2.42. The van der Waals surface area contributed by atoms with E-state index in [1.807, 2.05) is 6.07 Å². The van der Waals surface area contributed by atoms with Gasteiger partial charge in [-0.3, -0.25) is 0 Å². The first-order valence-corrected chi connectivity index (χ1v) is 21.5. The Labute approximate surface area is 366 Å². The third-order valence-electron chi connectivity index (χ3n) is 12.4. The molecule has 2 aromatic heterocycles. The number of rotatable bonds is 8. The maximum Gasteiger partial charge on any atom is 0.143 e. The van der Waals surface area contributed by atoms with Gasteiger partial charge in [0.05, 0.1) is 11.0 Å². The molecule has 0 radical (unpaired) electrons. The van der Waals surface area contributed by atoms with Crippen LogP contribution >= 0.6 is 0 Å². The van der Waals surface area contributed by atoms with Crippen LogP contribution in [0.1, 0.15) is 0 Å². The van der Waals surface area contributed by atoms with E-state index in [1.54, 1.807) is 0 Å². The third-order valence-corrected chi connectivity index (χ3v) is 12.4. The van der Waals surface area contributed by atoms with Gasteiger partial charge < -0.3 is 13.9 Å². The Morgan fingerprint density at radius 1 is 0.286 bits per heavy atom. The summed E-state index contributed by atoms with van der Waals surface area (Å²) in [7, 11) is 0. The average Bonchev–Trinajstić information content (AvgIpc) is 3.92. The number of nitrogens with zero attached hydrogens (tertiary/aromatic N) is 2. The van der Waals surface area contributed by atoms with E-state index >= 15 is 0 Å². The van der Waals surface area contributed by atoms with Crippen LogP contribution in [0.2, 0.25) is 0 Å². The molecular weight excluding hydrogens is 765 g/mol. The molecule has 0 spiro atoms. The first kappa shape index (κ1) is 36.5. The van der Waals surface area contributed by atoms with Crippen molar-refractivity contribution in [2.75, 3.05) is 4.90 Å². The SMILES string of the molecule is c1ccc(-c2ccc(N(c3ccc(-c4cccc(-n5c6ccccc6c6ccccc65)c4)cc3)c3ccc(-c4cccc5c4oc4c(-c6ccccc6)cccc45)cc3)cc2)cc1. The number of fused-ring (bicyclic) bond motifs is 6. The number of para-hydroxylation sites is 4. The molecule has 0 atom stereocenters. The van der Waals surface area contributed by atoms with Crippen LogP contribution in [0.15, 0.2) is 247 Å². The summed E-state index contributed by atoms with van der Waals surface area (Å²) in [6.07, 6.45) is 0. The van der Waals surface area contributed by atoms with Crippen LogP contribution < -0.4 is 4.90 Å². The zero-order valence-corrected chi connectivity index (χ0v) is 34.4. The van der Waals surface area contributed by atoms with Crippen molar-refractivity contribution >= 4 is 60.8 Å². The van der Waals surface area contributed by atoms with Gasteiger partial charge in [0.15, 0.2) is 0 Å². The smallest absolute Gasteiger partial charge is 0.143 e. The standard InChI is InChI=1S/C60H40N2O/c1-3-14-41(15-4-1)42-28-34-47(35-29-42)61(48-36-30-43(31-37-48)46-18-11-19-50(40-46)62-57-26-9-7-20-53(57)54-21-8-10-27-58(54)62)49-38-32-45(33-39-49)52-23-13-25-56-55-24-12-22-51(59(55)63-60(52)56)44-16-5-2-6-17-44/h1-40H. The van der Waals surface area contributed by atoms with Crippen LogP contribution in [-0.4, -0.2) is 4.57 Å². The molecular formula is C60H40N2O. The van der Waals surface area contributed by atoms with Gasteiger partial charge in [0.25, 0.3) is 0 Å². The summed E-state index contributed by atoms with van der Waals surface area (Å²) in [5.74, 6) is 0. The predicted molar refractivity (Wildman–Crippen MR) is 264 cm³/mol. The fraction of sp³-hybridized carbons (Fsp3) is 0. The molecule has 0 fully saturated rings. The molecule has 3 nitrogen and oxygen atoms in total. The van der Waals surface area contributed by atoms with Crippen LogP contribution in [0.25, 0.3) is 93.9 Å². The second-order valence-corrected chi connectivity index (χ2v) is 16.1. The van der Waals surface area contributed by atoms with Crippen LogP contribution in [0, 0.1) is 0 Å². The van der Waals surface area contributed by atoms with Gasteiger partial charge in [0, 0.05) is 55.4 Å². The maximum absolute atomic E-state index is 6.79. The highest BCUT2D eigenvalue weighted by Gasteiger charge is 2.18. The van der Waals surface area contributed by atoms with Crippen LogP contribution in [0.3, 0.4) is 0 Å². The second-order valence-electron chi connectivity index (χ2n) is 16.1. The minimum atomic E-state index is 0.898. The summed E-state index contributed by atoms with van der Waals surface area (Å²) in [6.45, 7) is 0. The van der Waals surface area contributed by atoms with E-state index in [0.717, 1.165) is 72.5 Å². The lowest BCUT2D eigenvalue weighted by atomic mass is 10.00. The lowest BCUT2D eigenvalue weighted by molar-refractivity contribution is 0.671. The lowest BCUT2D eigenvalue weighted by Gasteiger charge is -2.26. The van der Waals surface area contributed by atoms with Gasteiger partial charge in [0.2, 0.25) is 0 Å². The first-order chi connectivity index (χ1) is 31.2. The summed E-state index contributed by atoms with van der Waals surface area (Å²) < 4.78 is 9.17. The van der Waals surface area contributed by atoms with Crippen molar-refractivity contribution in [1.29, 1.82) is 0 Å². The Bertz CT molecular complexity index is 3530. The highest BCUT2D eigenvalue weighted by molar-refractivity contribution is 6.13. The molecule has 63 heavy (non-hydrogen) atoms. The zero-order valence-electron chi connectivity index (χ0n) is 34.4. The predicted octanol–water partition coefficient (Wildman–Crippen LogP) is 16.8. The fourth-order valence-electron chi connectivity index (χ4n) is 9.39. The number of aromatic nitrogens is 1. The van der Waals surface area contributed by atoms with E-state index in [2.05, 4.69) is 246 Å². The van der Waals surface area contributed by atoms with E-state index in [-0.39, 0.29) is 0 Å². The normalized spacial score (nSPS) is 11.5. The van der Waals surface area contributed by atoms with Gasteiger partial charge in [-0.25, -0.2) is 0 Å². The third kappa shape index (κ3) is 6.38. The number of hydrogen-bond donors (Lipinski definition) is 0. The Morgan fingerprint density at radius 2 is 0.667 bits per heavy atom. The van der Waals surface area contributed by atoms with E-state index in [0.29, 0.717) is 0 Å². The summed E-state index contributed by atoms with van der Waals surface area (Å²) in [6, 6.07) is 86.9. The molecule has 0 saturated heterocycles. The van der Waals surface area contributed by atoms with E-state index in [1.165, 1.54) is 38.5 Å². The van der Waals surface area contributed by atoms with E-state index in [9.17, 15) is 0 Å². The molecule has 296 valence electrons. The fourth-order valence-corrected chi connectivity index (χ4v) is 9.39. The molecule has 12 aromatic rings. The van der Waals surface area contributed by atoms with Crippen LogP contribution in [0.5, 0.6) is 0 Å². The maximum atomic E-state index is 6.79. The first-order valence-electron chi connectivity index (χ1n) is 21.5. The van der Waals surface area contributed by atoms with E-state index < -0.39 is 0 Å². The molecule has 0 saturated carbocycles. The molecule has 0 aliphatic carbocycles. The average molecular weight is 805 g/mol. The van der Waals surface area contributed by atoms with Gasteiger partial charge in [0.1, 0.15) is 11.2 Å². The van der Waals surface area contributed by atoms with Gasteiger partial charge in [-0.05, 0) is 94.0 Å². The largest absolute Gasteiger partial charge is 0.455 e. The van der Waals surface area contributed by atoms with Crippen LogP contribution in [-0.2, 0) is 0 Å². The Hall–Kier alpha value is -8.40. The summed E-state index contributed by atoms with van der Waals surface area (Å²) in [4.78, 5) is 2.34. The van der Waals surface area contributed by atoms with E-state index in [4.69, 9.17) is 4.42 Å². The molecule has 0 unspecified atom stereocenters. The zero-order chi connectivity index (χ0) is 41.7. The Morgan fingerprint density at radius 3 is 1.21 bits per heavy atom. The van der Waals surface area contributed by atoms with Crippen molar-refractivity contribution in [3.8, 4) is 50.2 Å². The van der Waals surface area contributed by atoms with Crippen molar-refractivity contribution in [2.24, 2.45) is 0 Å². The van der Waals surface area contributed by atoms with Crippen LogP contribution in [0.4, 0.5) is 17.1 Å². The van der Waals surface area contributed by atoms with Gasteiger partial charge in [-0.15, -0.1) is 0 Å². The van der Waals surface area contributed by atoms with Gasteiger partial charge >= 0.3 is 0 Å². The van der Waals surface area contributed by atoms with Crippen molar-refractivity contribution in [3.05, 3.63) is 243 Å². The molecule has 0 aliphatic heterocycles. The van der Waals surface area contributed by atoms with Crippen molar-refractivity contribution < 1.29 is 4.42 Å². The Kier molecular flexibility index (Phi) is 8.83. The monoisotopic (exact) mass is 804 g/mol. The summed E-state index contributed by atoms with van der Waals surface area (Å²) >= 11 is 0. The minimum Gasteiger partial charge on any atom is -0.455 e. The number of anilines is 3. The second kappa shape index (κ2) is 15.3.